The average Bonchev–Trinajstić information content (AvgIpc) is 2.51. The molecule has 0 radical (unpaired) electrons. The van der Waals surface area contributed by atoms with Crippen LogP contribution >= 0.6 is 0 Å². The largest absolute Gasteiger partial charge is 0.385 e. The first kappa shape index (κ1) is 19.0. The van der Waals surface area contributed by atoms with E-state index in [2.05, 4.69) is 10.0 Å². The number of nitrogens with zero attached hydrogens (tertiary/aromatic N) is 1. The van der Waals surface area contributed by atoms with Crippen molar-refractivity contribution in [2.45, 2.75) is 17.7 Å². The van der Waals surface area contributed by atoms with Crippen molar-refractivity contribution in [2.75, 3.05) is 26.8 Å². The lowest BCUT2D eigenvalue weighted by Gasteiger charge is -2.07. The summed E-state index contributed by atoms with van der Waals surface area (Å²) in [5.41, 5.74) is -0.195. The molecule has 0 bridgehead atoms. The molecule has 1 aromatic carbocycles. The van der Waals surface area contributed by atoms with Crippen LogP contribution < -0.4 is 10.0 Å². The van der Waals surface area contributed by atoms with E-state index < -0.39 is 14.9 Å². The summed E-state index contributed by atoms with van der Waals surface area (Å²) < 4.78 is 31.0. The van der Waals surface area contributed by atoms with E-state index in [0.29, 0.717) is 19.6 Å². The molecule has 0 unspecified atom stereocenters. The number of sulfonamides is 1. The fourth-order valence-electron chi connectivity index (χ4n) is 1.66. The molecule has 0 aliphatic carbocycles. The van der Waals surface area contributed by atoms with Crippen LogP contribution in [0.2, 0.25) is 0 Å². The Morgan fingerprint density at radius 1 is 1.26 bits per heavy atom. The Morgan fingerprint density at radius 3 is 2.48 bits per heavy atom. The van der Waals surface area contributed by atoms with Gasteiger partial charge in [0, 0.05) is 45.4 Å². The van der Waals surface area contributed by atoms with Gasteiger partial charge in [-0.1, -0.05) is 0 Å². The Kier molecular flexibility index (Phi) is 7.59. The van der Waals surface area contributed by atoms with E-state index in [0.717, 1.165) is 24.3 Å². The van der Waals surface area contributed by atoms with Crippen LogP contribution in [0.3, 0.4) is 0 Å². The van der Waals surface area contributed by atoms with Crippen LogP contribution in [0.15, 0.2) is 29.2 Å². The predicted octanol–water partition coefficient (Wildman–Crippen LogP) is 0.416. The zero-order valence-electron chi connectivity index (χ0n) is 12.6. The number of carbonyl (C=O) groups is 1. The quantitative estimate of drug-likeness (QED) is 0.359. The Morgan fingerprint density at radius 2 is 1.91 bits per heavy atom. The summed E-state index contributed by atoms with van der Waals surface area (Å²) in [5.74, 6) is -0.271. The summed E-state index contributed by atoms with van der Waals surface area (Å²) in [6.07, 6.45) is 0.677. The maximum atomic E-state index is 12.0. The minimum Gasteiger partial charge on any atom is -0.385 e. The topological polar surface area (TPSA) is 128 Å². The SMILES string of the molecule is COCCCNC(=O)CCNS(=O)(=O)c1ccc([N+](=O)[O-])cc1. The van der Waals surface area contributed by atoms with Crippen molar-refractivity contribution in [3.05, 3.63) is 34.4 Å². The third kappa shape index (κ3) is 6.72. The molecular formula is C13H19N3O6S. The molecule has 0 aliphatic rings. The number of nitrogens with one attached hydrogen (secondary N) is 2. The molecule has 23 heavy (non-hydrogen) atoms. The van der Waals surface area contributed by atoms with E-state index in [1.54, 1.807) is 7.11 Å². The van der Waals surface area contributed by atoms with Gasteiger partial charge in [0.1, 0.15) is 0 Å². The Hall–Kier alpha value is -2.04. The van der Waals surface area contributed by atoms with E-state index in [9.17, 15) is 23.3 Å². The maximum Gasteiger partial charge on any atom is 0.269 e. The second-order valence-electron chi connectivity index (χ2n) is 4.60. The van der Waals surface area contributed by atoms with Crippen molar-refractivity contribution in [2.24, 2.45) is 0 Å². The molecule has 0 fully saturated rings. The predicted molar refractivity (Wildman–Crippen MR) is 82.4 cm³/mol. The zero-order chi connectivity index (χ0) is 17.3. The van der Waals surface area contributed by atoms with Gasteiger partial charge in [-0.15, -0.1) is 0 Å². The van der Waals surface area contributed by atoms with Gasteiger partial charge in [0.25, 0.3) is 5.69 Å². The van der Waals surface area contributed by atoms with Gasteiger partial charge in [-0.3, -0.25) is 14.9 Å². The number of rotatable bonds is 10. The third-order valence-electron chi connectivity index (χ3n) is 2.85. The number of nitro groups is 1. The van der Waals surface area contributed by atoms with E-state index in [1.807, 2.05) is 0 Å². The van der Waals surface area contributed by atoms with Gasteiger partial charge in [0.15, 0.2) is 0 Å². The van der Waals surface area contributed by atoms with E-state index >= 15 is 0 Å². The molecule has 1 amide bonds. The summed E-state index contributed by atoms with van der Waals surface area (Å²) in [6, 6.07) is 4.50. The van der Waals surface area contributed by atoms with Gasteiger partial charge in [0.2, 0.25) is 15.9 Å². The van der Waals surface area contributed by atoms with E-state index in [1.165, 1.54) is 0 Å². The Labute approximate surface area is 134 Å². The number of methoxy groups -OCH3 is 1. The number of non-ortho nitro benzene ring substituents is 1. The minimum absolute atomic E-state index is 0.000800. The average molecular weight is 345 g/mol. The van der Waals surface area contributed by atoms with Gasteiger partial charge in [0.05, 0.1) is 9.82 Å². The Balaban J connectivity index is 2.43. The normalized spacial score (nSPS) is 11.2. The van der Waals surface area contributed by atoms with Crippen LogP contribution in [-0.2, 0) is 19.6 Å². The molecule has 1 rings (SSSR count). The first-order chi connectivity index (χ1) is 10.9. The molecule has 0 spiro atoms. The smallest absolute Gasteiger partial charge is 0.269 e. The van der Waals surface area contributed by atoms with Crippen molar-refractivity contribution in [3.63, 3.8) is 0 Å². The fraction of sp³-hybridized carbons (Fsp3) is 0.462. The van der Waals surface area contributed by atoms with Crippen molar-refractivity contribution < 1.29 is 22.9 Å². The summed E-state index contributed by atoms with van der Waals surface area (Å²) in [5, 5.41) is 13.2. The lowest BCUT2D eigenvalue weighted by molar-refractivity contribution is -0.384. The second-order valence-corrected chi connectivity index (χ2v) is 6.36. The van der Waals surface area contributed by atoms with Crippen LogP contribution in [0.25, 0.3) is 0 Å². The summed E-state index contributed by atoms with van der Waals surface area (Å²) in [4.78, 5) is 21.3. The van der Waals surface area contributed by atoms with E-state index in [4.69, 9.17) is 4.74 Å². The summed E-state index contributed by atoms with van der Waals surface area (Å²) in [6.45, 7) is 0.935. The van der Waals surface area contributed by atoms with Crippen molar-refractivity contribution in [1.82, 2.24) is 10.0 Å². The number of benzene rings is 1. The minimum atomic E-state index is -3.80. The summed E-state index contributed by atoms with van der Waals surface area (Å²) in [7, 11) is -2.24. The number of ether oxygens (including phenoxy) is 1. The van der Waals surface area contributed by atoms with Crippen molar-refractivity contribution in [3.8, 4) is 0 Å². The van der Waals surface area contributed by atoms with Crippen LogP contribution in [0, 0.1) is 10.1 Å². The molecule has 0 saturated carbocycles. The molecule has 9 nitrogen and oxygen atoms in total. The highest BCUT2D eigenvalue weighted by Gasteiger charge is 2.15. The lowest BCUT2D eigenvalue weighted by atomic mass is 10.3. The molecule has 2 N–H and O–H groups in total. The van der Waals surface area contributed by atoms with Gasteiger partial charge < -0.3 is 10.1 Å². The molecule has 0 aromatic heterocycles. The zero-order valence-corrected chi connectivity index (χ0v) is 13.5. The maximum absolute atomic E-state index is 12.0. The molecule has 0 aliphatic heterocycles. The molecule has 10 heteroatoms. The lowest BCUT2D eigenvalue weighted by Crippen LogP contribution is -2.31. The number of amides is 1. The molecule has 0 heterocycles. The third-order valence-corrected chi connectivity index (χ3v) is 4.33. The first-order valence-corrected chi connectivity index (χ1v) is 8.35. The van der Waals surface area contributed by atoms with E-state index in [-0.39, 0.29) is 29.5 Å². The highest BCUT2D eigenvalue weighted by atomic mass is 32.2. The van der Waals surface area contributed by atoms with Gasteiger partial charge in [-0.2, -0.15) is 0 Å². The molecule has 1 aromatic rings. The van der Waals surface area contributed by atoms with Crippen molar-refractivity contribution in [1.29, 1.82) is 0 Å². The highest BCUT2D eigenvalue weighted by molar-refractivity contribution is 7.89. The molecule has 0 atom stereocenters. The number of carbonyl (C=O) groups excluding carboxylic acids is 1. The first-order valence-electron chi connectivity index (χ1n) is 6.86. The summed E-state index contributed by atoms with van der Waals surface area (Å²) >= 11 is 0. The Bertz CT molecular complexity index is 630. The van der Waals surface area contributed by atoms with Crippen LogP contribution in [0.5, 0.6) is 0 Å². The molecular weight excluding hydrogens is 326 g/mol. The second kappa shape index (κ2) is 9.18. The number of hydrogen-bond acceptors (Lipinski definition) is 6. The number of nitro benzene ring substituents is 1. The van der Waals surface area contributed by atoms with Gasteiger partial charge in [-0.05, 0) is 18.6 Å². The highest BCUT2D eigenvalue weighted by Crippen LogP contribution is 2.15. The van der Waals surface area contributed by atoms with Gasteiger partial charge in [-0.25, -0.2) is 13.1 Å². The molecule has 0 saturated heterocycles. The molecule has 128 valence electrons. The van der Waals surface area contributed by atoms with Crippen LogP contribution in [0.4, 0.5) is 5.69 Å². The monoisotopic (exact) mass is 345 g/mol. The van der Waals surface area contributed by atoms with Crippen LogP contribution in [-0.4, -0.2) is 46.1 Å². The van der Waals surface area contributed by atoms with Crippen molar-refractivity contribution >= 4 is 21.6 Å². The standard InChI is InChI=1S/C13H19N3O6S/c1-22-10-2-8-14-13(17)7-9-15-23(20,21)12-5-3-11(4-6-12)16(18)19/h3-6,15H,2,7-10H2,1H3,(H,14,17). The van der Waals surface area contributed by atoms with Crippen LogP contribution in [0.1, 0.15) is 12.8 Å². The fourth-order valence-corrected chi connectivity index (χ4v) is 2.69. The van der Waals surface area contributed by atoms with Gasteiger partial charge >= 0.3 is 0 Å². The number of hydrogen-bond donors (Lipinski definition) is 2.